The van der Waals surface area contributed by atoms with Crippen LogP contribution in [-0.4, -0.2) is 17.8 Å². The molecule has 0 spiro atoms. The Labute approximate surface area is 152 Å². The number of halogens is 1. The lowest BCUT2D eigenvalue weighted by Gasteiger charge is -2.30. The molecule has 0 aliphatic heterocycles. The van der Waals surface area contributed by atoms with Crippen molar-refractivity contribution in [1.29, 1.82) is 0 Å². The molecule has 0 heterocycles. The standard InChI is InChI=1S/C9H21ClS.C5H12.3C2H6/c1-8(2)6-7-9(3)11(4,5)10;1-3-5-4-2;3*1-2/h8-9H,6-7H2,1-5H3;3-5H2,1-2H3;3*1-2H3. The molecule has 0 amide bonds. The number of hydrogen-bond donors (Lipinski definition) is 0. The highest BCUT2D eigenvalue weighted by Gasteiger charge is 2.16. The summed E-state index contributed by atoms with van der Waals surface area (Å²) in [4.78, 5) is 0. The highest BCUT2D eigenvalue weighted by Crippen LogP contribution is 2.51. The average Bonchev–Trinajstić information content (AvgIpc) is 2.51. The first-order valence-electron chi connectivity index (χ1n) is 9.67. The van der Waals surface area contributed by atoms with Crippen LogP contribution in [0.1, 0.15) is 108 Å². The molecule has 0 bridgehead atoms. The summed E-state index contributed by atoms with van der Waals surface area (Å²) in [5, 5.41) is 0.701. The van der Waals surface area contributed by atoms with Gasteiger partial charge in [-0.25, -0.2) is 0 Å². The van der Waals surface area contributed by atoms with Crippen LogP contribution in [0.15, 0.2) is 0 Å². The van der Waals surface area contributed by atoms with Crippen LogP contribution in [0.2, 0.25) is 0 Å². The van der Waals surface area contributed by atoms with E-state index in [2.05, 4.69) is 47.1 Å². The van der Waals surface area contributed by atoms with Crippen molar-refractivity contribution in [3.05, 3.63) is 0 Å². The maximum absolute atomic E-state index is 6.25. The van der Waals surface area contributed by atoms with Gasteiger partial charge < -0.3 is 0 Å². The third-order valence-electron chi connectivity index (χ3n) is 2.81. The summed E-state index contributed by atoms with van der Waals surface area (Å²) in [6.07, 6.45) is 11.0. The fourth-order valence-electron chi connectivity index (χ4n) is 1.20. The van der Waals surface area contributed by atoms with Gasteiger partial charge >= 0.3 is 0 Å². The highest BCUT2D eigenvalue weighted by atomic mass is 35.7. The van der Waals surface area contributed by atoms with Crippen LogP contribution >= 0.6 is 19.9 Å². The molecule has 0 saturated carbocycles. The molecular weight excluding hydrogens is 308 g/mol. The van der Waals surface area contributed by atoms with E-state index >= 15 is 0 Å². The zero-order chi connectivity index (χ0) is 19.2. The predicted octanol–water partition coefficient (Wildman–Crippen LogP) is 9.30. The van der Waals surface area contributed by atoms with Gasteiger partial charge in [0, 0.05) is 0 Å². The molecule has 0 radical (unpaired) electrons. The quantitative estimate of drug-likeness (QED) is 0.443. The predicted molar refractivity (Wildman–Crippen MR) is 118 cm³/mol. The Bertz CT molecular complexity index is 137. The van der Waals surface area contributed by atoms with Crippen molar-refractivity contribution in [2.24, 2.45) is 5.92 Å². The zero-order valence-corrected chi connectivity index (χ0v) is 20.0. The Balaban J connectivity index is -0.0000000733. The van der Waals surface area contributed by atoms with Crippen LogP contribution < -0.4 is 0 Å². The molecule has 144 valence electrons. The summed E-state index contributed by atoms with van der Waals surface area (Å²) >= 11 is 0. The van der Waals surface area contributed by atoms with E-state index in [1.807, 2.05) is 41.5 Å². The lowest BCUT2D eigenvalue weighted by atomic mass is 10.1. The molecule has 0 fully saturated rings. The molecule has 1 atom stereocenters. The maximum atomic E-state index is 6.25. The molecule has 0 aliphatic rings. The zero-order valence-electron chi connectivity index (χ0n) is 18.5. The van der Waals surface area contributed by atoms with E-state index in [0.29, 0.717) is 5.25 Å². The minimum absolute atomic E-state index is 0.701. The number of hydrogen-bond acceptors (Lipinski definition) is 0. The number of rotatable bonds is 6. The molecule has 0 saturated heterocycles. The van der Waals surface area contributed by atoms with Gasteiger partial charge in [0.05, 0.1) is 0 Å². The first-order chi connectivity index (χ1) is 10.3. The third kappa shape index (κ3) is 42.8. The summed E-state index contributed by atoms with van der Waals surface area (Å²) in [5.74, 6) is 0.816. The van der Waals surface area contributed by atoms with Crippen molar-refractivity contribution in [3.63, 3.8) is 0 Å². The molecule has 0 aliphatic carbocycles. The van der Waals surface area contributed by atoms with Crippen LogP contribution in [0.25, 0.3) is 0 Å². The molecule has 0 aromatic rings. The van der Waals surface area contributed by atoms with E-state index in [1.54, 1.807) is 0 Å². The second kappa shape index (κ2) is 29.6. The lowest BCUT2D eigenvalue weighted by molar-refractivity contribution is 0.554. The van der Waals surface area contributed by atoms with Crippen molar-refractivity contribution in [2.75, 3.05) is 12.5 Å². The van der Waals surface area contributed by atoms with Crippen LogP contribution in [0.3, 0.4) is 0 Å². The molecule has 22 heavy (non-hydrogen) atoms. The number of unbranched alkanes of at least 4 members (excludes halogenated alkanes) is 2. The van der Waals surface area contributed by atoms with Crippen LogP contribution in [0.5, 0.6) is 0 Å². The van der Waals surface area contributed by atoms with Gasteiger partial charge in [0.15, 0.2) is 0 Å². The summed E-state index contributed by atoms with van der Waals surface area (Å²) in [6, 6.07) is 0. The van der Waals surface area contributed by atoms with E-state index in [-0.39, 0.29) is 0 Å². The van der Waals surface area contributed by atoms with Gasteiger partial charge in [-0.2, -0.15) is 9.24 Å². The van der Waals surface area contributed by atoms with Gasteiger partial charge in [0.1, 0.15) is 0 Å². The molecule has 0 N–H and O–H groups in total. The van der Waals surface area contributed by atoms with Crippen LogP contribution in [0.4, 0.5) is 0 Å². The molecule has 2 heteroatoms. The van der Waals surface area contributed by atoms with Crippen molar-refractivity contribution in [2.45, 2.75) is 114 Å². The van der Waals surface area contributed by atoms with Gasteiger partial charge in [-0.05, 0) is 36.5 Å². The summed E-state index contributed by atoms with van der Waals surface area (Å²) in [5.41, 5.74) is 0. The SMILES string of the molecule is CC.CC.CC.CC(C)CCC(C)S(C)(C)Cl.CCCCC. The Morgan fingerprint density at radius 3 is 1.18 bits per heavy atom. The second-order valence-electron chi connectivity index (χ2n) is 5.41. The first kappa shape index (κ1) is 34.1. The monoisotopic (exact) mass is 358 g/mol. The van der Waals surface area contributed by atoms with Crippen molar-refractivity contribution in [1.82, 2.24) is 0 Å². The summed E-state index contributed by atoms with van der Waals surface area (Å²) in [6.45, 7) is 23.2. The lowest BCUT2D eigenvalue weighted by Crippen LogP contribution is -2.08. The minimum atomic E-state index is -0.826. The van der Waals surface area contributed by atoms with Gasteiger partial charge in [-0.15, -0.1) is 0 Å². The topological polar surface area (TPSA) is 0 Å². The van der Waals surface area contributed by atoms with E-state index in [9.17, 15) is 0 Å². The van der Waals surface area contributed by atoms with E-state index in [4.69, 9.17) is 10.7 Å². The Hall–Kier alpha value is 0.640. The van der Waals surface area contributed by atoms with Crippen molar-refractivity contribution >= 4 is 19.9 Å². The maximum Gasteiger partial charge on any atom is -0.00194 e. The fraction of sp³-hybridized carbons (Fsp3) is 1.00. The van der Waals surface area contributed by atoms with Gasteiger partial charge in [0.25, 0.3) is 0 Å². The fourth-order valence-corrected chi connectivity index (χ4v) is 2.17. The molecule has 0 nitrogen and oxygen atoms in total. The van der Waals surface area contributed by atoms with E-state index < -0.39 is 9.24 Å². The average molecular weight is 359 g/mol. The second-order valence-corrected chi connectivity index (χ2v) is 11.2. The Kier molecular flexibility index (Phi) is 45.9. The van der Waals surface area contributed by atoms with E-state index in [1.165, 1.54) is 32.1 Å². The van der Waals surface area contributed by atoms with Gasteiger partial charge in [-0.3, -0.25) is 0 Å². The molecular formula is C20H51ClS. The Morgan fingerprint density at radius 2 is 1.05 bits per heavy atom. The van der Waals surface area contributed by atoms with E-state index in [0.717, 1.165) is 5.92 Å². The molecule has 1 unspecified atom stereocenters. The normalized spacial score (nSPS) is 11.2. The summed E-state index contributed by atoms with van der Waals surface area (Å²) in [7, 11) is 5.42. The molecule has 0 aromatic carbocycles. The van der Waals surface area contributed by atoms with Crippen LogP contribution in [0, 0.1) is 5.92 Å². The smallest absolute Gasteiger partial charge is 0.00194 e. The van der Waals surface area contributed by atoms with Crippen LogP contribution in [-0.2, 0) is 0 Å². The van der Waals surface area contributed by atoms with Crippen molar-refractivity contribution < 1.29 is 0 Å². The Morgan fingerprint density at radius 1 is 0.727 bits per heavy atom. The molecule has 0 rings (SSSR count). The van der Waals surface area contributed by atoms with Gasteiger partial charge in [-0.1, -0.05) is 106 Å². The molecule has 0 aromatic heterocycles. The third-order valence-corrected chi connectivity index (χ3v) is 5.88. The first-order valence-corrected chi connectivity index (χ1v) is 13.0. The largest absolute Gasteiger partial charge is 0.166 e. The van der Waals surface area contributed by atoms with Crippen molar-refractivity contribution in [3.8, 4) is 0 Å². The highest BCUT2D eigenvalue weighted by molar-refractivity contribution is 8.50. The summed E-state index contributed by atoms with van der Waals surface area (Å²) < 4.78 is 0. The minimum Gasteiger partial charge on any atom is -0.166 e. The van der Waals surface area contributed by atoms with Gasteiger partial charge in [0.2, 0.25) is 0 Å².